The molecule has 2 aromatic rings. The van der Waals surface area contributed by atoms with E-state index in [-0.39, 0.29) is 5.91 Å². The summed E-state index contributed by atoms with van der Waals surface area (Å²) in [5.41, 5.74) is 0.780. The Labute approximate surface area is 150 Å². The molecule has 0 fully saturated rings. The van der Waals surface area contributed by atoms with Crippen molar-refractivity contribution in [1.82, 2.24) is 0 Å². The van der Waals surface area contributed by atoms with Crippen LogP contribution in [0.5, 0.6) is 11.5 Å². The number of ether oxygens (including phenoxy) is 3. The highest BCUT2D eigenvalue weighted by Gasteiger charge is 2.18. The molecule has 0 aliphatic heterocycles. The van der Waals surface area contributed by atoms with Gasteiger partial charge < -0.3 is 19.5 Å². The van der Waals surface area contributed by atoms with Crippen molar-refractivity contribution < 1.29 is 23.8 Å². The quantitative estimate of drug-likeness (QED) is 0.794. The third kappa shape index (κ3) is 4.87. The summed E-state index contributed by atoms with van der Waals surface area (Å²) < 4.78 is 15.4. The van der Waals surface area contributed by atoms with Gasteiger partial charge in [-0.05, 0) is 43.3 Å². The van der Waals surface area contributed by atoms with Gasteiger partial charge in [-0.3, -0.25) is 4.79 Å². The molecule has 25 heavy (non-hydrogen) atoms. The van der Waals surface area contributed by atoms with Crippen molar-refractivity contribution >= 4 is 29.2 Å². The largest absolute Gasteiger partial charge is 0.495 e. The molecule has 0 aliphatic rings. The van der Waals surface area contributed by atoms with Crippen LogP contribution in [-0.4, -0.2) is 32.2 Å². The summed E-state index contributed by atoms with van der Waals surface area (Å²) in [5, 5.41) is 3.17. The standard InChI is InChI=1S/C18H18ClNO5/c1-11(25-14-6-4-5-12(9-14)18(22)24-3)17(21)20-15-10-13(19)7-8-16(15)23-2/h4-11H,1-3H3,(H,20,21)/t11-/m0/s1. The molecular formula is C18H18ClNO5. The molecule has 0 aromatic heterocycles. The average Bonchev–Trinajstić information content (AvgIpc) is 2.61. The molecular weight excluding hydrogens is 346 g/mol. The topological polar surface area (TPSA) is 73.9 Å². The minimum atomic E-state index is -0.809. The highest BCUT2D eigenvalue weighted by molar-refractivity contribution is 6.31. The number of nitrogens with one attached hydrogen (secondary N) is 1. The smallest absolute Gasteiger partial charge is 0.337 e. The molecule has 1 N–H and O–H groups in total. The van der Waals surface area contributed by atoms with Gasteiger partial charge in [-0.1, -0.05) is 17.7 Å². The predicted molar refractivity (Wildman–Crippen MR) is 94.5 cm³/mol. The predicted octanol–water partition coefficient (Wildman–Crippen LogP) is 3.54. The van der Waals surface area contributed by atoms with Gasteiger partial charge >= 0.3 is 5.97 Å². The van der Waals surface area contributed by atoms with Crippen LogP contribution in [0.1, 0.15) is 17.3 Å². The monoisotopic (exact) mass is 363 g/mol. The van der Waals surface area contributed by atoms with Gasteiger partial charge in [0.1, 0.15) is 11.5 Å². The Morgan fingerprint density at radius 3 is 2.56 bits per heavy atom. The Bertz CT molecular complexity index is 778. The summed E-state index contributed by atoms with van der Waals surface area (Å²) in [6.07, 6.45) is -0.809. The first-order valence-corrected chi connectivity index (χ1v) is 7.82. The lowest BCUT2D eigenvalue weighted by Crippen LogP contribution is -2.30. The van der Waals surface area contributed by atoms with E-state index < -0.39 is 12.1 Å². The lowest BCUT2D eigenvalue weighted by atomic mass is 10.2. The Hall–Kier alpha value is -2.73. The van der Waals surface area contributed by atoms with Crippen molar-refractivity contribution in [2.45, 2.75) is 13.0 Å². The maximum Gasteiger partial charge on any atom is 0.337 e. The fraction of sp³-hybridized carbons (Fsp3) is 0.222. The van der Waals surface area contributed by atoms with E-state index >= 15 is 0 Å². The van der Waals surface area contributed by atoms with Gasteiger partial charge in [0.05, 0.1) is 25.5 Å². The van der Waals surface area contributed by atoms with Crippen molar-refractivity contribution in [2.75, 3.05) is 19.5 Å². The molecule has 132 valence electrons. The SMILES string of the molecule is COC(=O)c1cccc(O[C@@H](C)C(=O)Nc2cc(Cl)ccc2OC)c1. The Kier molecular flexibility index (Phi) is 6.25. The normalized spacial score (nSPS) is 11.4. The van der Waals surface area contributed by atoms with Crippen LogP contribution in [0.3, 0.4) is 0 Å². The first kappa shape index (κ1) is 18.6. The van der Waals surface area contributed by atoms with Gasteiger partial charge in [-0.25, -0.2) is 4.79 Å². The first-order valence-electron chi connectivity index (χ1n) is 7.44. The Morgan fingerprint density at radius 2 is 1.88 bits per heavy atom. The summed E-state index contributed by atoms with van der Waals surface area (Å²) in [6, 6.07) is 11.3. The van der Waals surface area contributed by atoms with E-state index in [2.05, 4.69) is 10.1 Å². The maximum atomic E-state index is 12.3. The molecule has 1 atom stereocenters. The maximum absolute atomic E-state index is 12.3. The lowest BCUT2D eigenvalue weighted by Gasteiger charge is -2.16. The van der Waals surface area contributed by atoms with E-state index in [1.54, 1.807) is 43.3 Å². The number of anilines is 1. The third-order valence-electron chi connectivity index (χ3n) is 3.36. The number of benzene rings is 2. The van der Waals surface area contributed by atoms with Gasteiger partial charge in [-0.15, -0.1) is 0 Å². The minimum Gasteiger partial charge on any atom is -0.495 e. The number of rotatable bonds is 6. The molecule has 0 saturated carbocycles. The first-order chi connectivity index (χ1) is 11.9. The molecule has 0 radical (unpaired) electrons. The van der Waals surface area contributed by atoms with E-state index in [0.29, 0.717) is 27.8 Å². The van der Waals surface area contributed by atoms with Gasteiger partial charge in [-0.2, -0.15) is 0 Å². The number of halogens is 1. The molecule has 2 aromatic carbocycles. The van der Waals surface area contributed by atoms with E-state index in [0.717, 1.165) is 0 Å². The summed E-state index contributed by atoms with van der Waals surface area (Å²) >= 11 is 5.95. The second-order valence-electron chi connectivity index (χ2n) is 5.11. The minimum absolute atomic E-state index is 0.337. The Balaban J connectivity index is 2.08. The molecule has 0 heterocycles. The van der Waals surface area contributed by atoms with E-state index in [9.17, 15) is 9.59 Å². The van der Waals surface area contributed by atoms with Crippen LogP contribution >= 0.6 is 11.6 Å². The van der Waals surface area contributed by atoms with Gasteiger partial charge in [0.2, 0.25) is 0 Å². The van der Waals surface area contributed by atoms with Crippen molar-refractivity contribution in [3.63, 3.8) is 0 Å². The second kappa shape index (κ2) is 8.39. The van der Waals surface area contributed by atoms with Crippen molar-refractivity contribution in [1.29, 1.82) is 0 Å². The summed E-state index contributed by atoms with van der Waals surface area (Å²) in [4.78, 5) is 23.9. The number of hydrogen-bond acceptors (Lipinski definition) is 5. The molecule has 2 rings (SSSR count). The molecule has 7 heteroatoms. The van der Waals surface area contributed by atoms with Crippen LogP contribution in [0.25, 0.3) is 0 Å². The summed E-state index contributed by atoms with van der Waals surface area (Å²) in [5.74, 6) is -0.00324. The fourth-order valence-electron chi connectivity index (χ4n) is 2.08. The zero-order valence-corrected chi connectivity index (χ0v) is 14.8. The van der Waals surface area contributed by atoms with Gasteiger partial charge in [0, 0.05) is 5.02 Å². The average molecular weight is 364 g/mol. The summed E-state index contributed by atoms with van der Waals surface area (Å²) in [6.45, 7) is 1.59. The van der Waals surface area contributed by atoms with Crippen molar-refractivity contribution in [3.05, 3.63) is 53.1 Å². The van der Waals surface area contributed by atoms with Crippen LogP contribution in [0.4, 0.5) is 5.69 Å². The van der Waals surface area contributed by atoms with Crippen molar-refractivity contribution in [2.24, 2.45) is 0 Å². The molecule has 0 saturated heterocycles. The van der Waals surface area contributed by atoms with Crippen LogP contribution in [0.2, 0.25) is 5.02 Å². The van der Waals surface area contributed by atoms with Crippen LogP contribution in [-0.2, 0) is 9.53 Å². The van der Waals surface area contributed by atoms with E-state index in [1.807, 2.05) is 0 Å². The van der Waals surface area contributed by atoms with Crippen LogP contribution < -0.4 is 14.8 Å². The number of hydrogen-bond donors (Lipinski definition) is 1. The molecule has 0 spiro atoms. The number of carbonyl (C=O) groups excluding carboxylic acids is 2. The molecule has 0 bridgehead atoms. The third-order valence-corrected chi connectivity index (χ3v) is 3.59. The van der Waals surface area contributed by atoms with Crippen molar-refractivity contribution in [3.8, 4) is 11.5 Å². The molecule has 6 nitrogen and oxygen atoms in total. The fourth-order valence-corrected chi connectivity index (χ4v) is 2.26. The highest BCUT2D eigenvalue weighted by atomic mass is 35.5. The van der Waals surface area contributed by atoms with E-state index in [4.69, 9.17) is 21.1 Å². The van der Waals surface area contributed by atoms with E-state index in [1.165, 1.54) is 20.3 Å². The van der Waals surface area contributed by atoms with Crippen LogP contribution in [0, 0.1) is 0 Å². The summed E-state index contributed by atoms with van der Waals surface area (Å²) in [7, 11) is 2.79. The molecule has 0 aliphatic carbocycles. The Morgan fingerprint density at radius 1 is 1.12 bits per heavy atom. The number of carbonyl (C=O) groups is 2. The zero-order valence-electron chi connectivity index (χ0n) is 14.0. The lowest BCUT2D eigenvalue weighted by molar-refractivity contribution is -0.122. The van der Waals surface area contributed by atoms with Gasteiger partial charge in [0.25, 0.3) is 5.91 Å². The number of methoxy groups -OCH3 is 2. The van der Waals surface area contributed by atoms with Gasteiger partial charge in [0.15, 0.2) is 6.10 Å². The highest BCUT2D eigenvalue weighted by Crippen LogP contribution is 2.28. The molecule has 1 amide bonds. The zero-order chi connectivity index (χ0) is 18.4. The molecule has 0 unspecified atom stereocenters. The van der Waals surface area contributed by atoms with Crippen LogP contribution in [0.15, 0.2) is 42.5 Å². The second-order valence-corrected chi connectivity index (χ2v) is 5.55. The number of amides is 1. The number of esters is 1.